The number of urea groups is 1. The Morgan fingerprint density at radius 3 is 2.50 bits per heavy atom. The molecule has 0 saturated carbocycles. The van der Waals surface area contributed by atoms with Crippen LogP contribution in [0.5, 0.6) is 0 Å². The third kappa shape index (κ3) is 2.14. The highest BCUT2D eigenvalue weighted by Gasteiger charge is 2.32. The molecular weight excluding hydrogens is 250 g/mol. The lowest BCUT2D eigenvalue weighted by molar-refractivity contribution is 0.197. The number of hydrogen-bond donors (Lipinski definition) is 2. The monoisotopic (exact) mass is 267 g/mol. The largest absolute Gasteiger partial charge is 0.329 e. The van der Waals surface area contributed by atoms with E-state index in [4.69, 9.17) is 5.73 Å². The van der Waals surface area contributed by atoms with Gasteiger partial charge in [-0.25, -0.2) is 4.79 Å². The van der Waals surface area contributed by atoms with Crippen molar-refractivity contribution < 1.29 is 4.79 Å². The predicted molar refractivity (Wildman–Crippen MR) is 79.5 cm³/mol. The van der Waals surface area contributed by atoms with E-state index in [-0.39, 0.29) is 12.1 Å². The maximum Gasteiger partial charge on any atom is 0.322 e. The molecule has 0 aromatic heterocycles. The summed E-state index contributed by atoms with van der Waals surface area (Å²) in [6, 6.07) is 17.8. The molecule has 1 aliphatic rings. The van der Waals surface area contributed by atoms with E-state index in [0.717, 1.165) is 16.8 Å². The van der Waals surface area contributed by atoms with Crippen molar-refractivity contribution in [2.45, 2.75) is 6.04 Å². The Morgan fingerprint density at radius 2 is 1.75 bits per heavy atom. The molecule has 3 N–H and O–H groups in total. The number of hydrogen-bond acceptors (Lipinski definition) is 2. The highest BCUT2D eigenvalue weighted by Crippen LogP contribution is 2.36. The van der Waals surface area contributed by atoms with E-state index >= 15 is 0 Å². The second-order valence-electron chi connectivity index (χ2n) is 4.81. The van der Waals surface area contributed by atoms with Crippen LogP contribution >= 0.6 is 0 Å². The number of fused-ring (bicyclic) bond motifs is 1. The zero-order valence-corrected chi connectivity index (χ0v) is 11.1. The zero-order chi connectivity index (χ0) is 13.9. The van der Waals surface area contributed by atoms with Gasteiger partial charge in [0.25, 0.3) is 0 Å². The molecule has 20 heavy (non-hydrogen) atoms. The lowest BCUT2D eigenvalue weighted by Gasteiger charge is -2.37. The Kier molecular flexibility index (Phi) is 3.39. The summed E-state index contributed by atoms with van der Waals surface area (Å²) >= 11 is 0. The molecule has 4 heteroatoms. The summed E-state index contributed by atoms with van der Waals surface area (Å²) in [6.45, 7) is 0.971. The third-order valence-corrected chi connectivity index (χ3v) is 3.55. The van der Waals surface area contributed by atoms with Crippen molar-refractivity contribution in [1.82, 2.24) is 4.90 Å². The number of nitrogens with two attached hydrogens (primary N) is 1. The lowest BCUT2D eigenvalue weighted by atomic mass is 9.94. The van der Waals surface area contributed by atoms with Crippen LogP contribution in [0.4, 0.5) is 10.5 Å². The van der Waals surface area contributed by atoms with Crippen molar-refractivity contribution in [3.63, 3.8) is 0 Å². The van der Waals surface area contributed by atoms with Gasteiger partial charge in [0.05, 0.1) is 6.04 Å². The first-order valence-corrected chi connectivity index (χ1v) is 6.73. The minimum Gasteiger partial charge on any atom is -0.329 e. The number of amides is 2. The van der Waals surface area contributed by atoms with Gasteiger partial charge in [-0.05, 0) is 11.6 Å². The normalized spacial score (nSPS) is 17.6. The van der Waals surface area contributed by atoms with Crippen molar-refractivity contribution in [2.75, 3.05) is 18.4 Å². The smallest absolute Gasteiger partial charge is 0.322 e. The molecule has 0 saturated heterocycles. The minimum atomic E-state index is -0.0944. The lowest BCUT2D eigenvalue weighted by Crippen LogP contribution is -2.45. The van der Waals surface area contributed by atoms with E-state index in [1.807, 2.05) is 48.5 Å². The fraction of sp³-hybridized carbons (Fsp3) is 0.188. The van der Waals surface area contributed by atoms with Gasteiger partial charge in [0.15, 0.2) is 0 Å². The van der Waals surface area contributed by atoms with Crippen LogP contribution in [-0.4, -0.2) is 24.0 Å². The summed E-state index contributed by atoms with van der Waals surface area (Å²) in [5.74, 6) is 0. The van der Waals surface area contributed by atoms with E-state index < -0.39 is 0 Å². The van der Waals surface area contributed by atoms with Crippen LogP contribution in [0, 0.1) is 0 Å². The first-order valence-electron chi connectivity index (χ1n) is 6.73. The summed E-state index contributed by atoms with van der Waals surface area (Å²) in [5.41, 5.74) is 8.74. The molecule has 2 amide bonds. The van der Waals surface area contributed by atoms with Crippen LogP contribution in [-0.2, 0) is 0 Å². The van der Waals surface area contributed by atoms with Crippen LogP contribution in [0.25, 0.3) is 0 Å². The number of carbonyl (C=O) groups excluding carboxylic acids is 1. The highest BCUT2D eigenvalue weighted by molar-refractivity contribution is 5.93. The van der Waals surface area contributed by atoms with E-state index in [2.05, 4.69) is 11.4 Å². The predicted octanol–water partition coefficient (Wildman–Crippen LogP) is 2.58. The van der Waals surface area contributed by atoms with Crippen LogP contribution in [0.1, 0.15) is 17.2 Å². The maximum absolute atomic E-state index is 12.3. The summed E-state index contributed by atoms with van der Waals surface area (Å²) < 4.78 is 0. The molecule has 0 bridgehead atoms. The quantitative estimate of drug-likeness (QED) is 0.898. The van der Waals surface area contributed by atoms with Gasteiger partial charge >= 0.3 is 6.03 Å². The standard InChI is InChI=1S/C16H17N3O/c17-10-11-19-15(12-6-2-1-3-7-12)13-8-4-5-9-14(13)18-16(19)20/h1-9,15H,10-11,17H2,(H,18,20). The third-order valence-electron chi connectivity index (χ3n) is 3.55. The average molecular weight is 267 g/mol. The van der Waals surface area contributed by atoms with E-state index in [9.17, 15) is 4.79 Å². The summed E-state index contributed by atoms with van der Waals surface area (Å²) in [4.78, 5) is 14.1. The first-order chi connectivity index (χ1) is 9.81. The van der Waals surface area contributed by atoms with Crippen LogP contribution in [0.3, 0.4) is 0 Å². The Hall–Kier alpha value is -2.33. The van der Waals surface area contributed by atoms with Crippen molar-refractivity contribution >= 4 is 11.7 Å². The molecule has 0 spiro atoms. The van der Waals surface area contributed by atoms with Gasteiger partial charge in [-0.2, -0.15) is 0 Å². The molecule has 102 valence electrons. The van der Waals surface area contributed by atoms with E-state index in [1.54, 1.807) is 4.90 Å². The van der Waals surface area contributed by atoms with Gasteiger partial charge in [-0.1, -0.05) is 48.5 Å². The maximum atomic E-state index is 12.3. The van der Waals surface area contributed by atoms with Gasteiger partial charge in [-0.3, -0.25) is 0 Å². The van der Waals surface area contributed by atoms with Crippen molar-refractivity contribution in [2.24, 2.45) is 5.73 Å². The molecule has 1 unspecified atom stereocenters. The Bertz CT molecular complexity index is 612. The Balaban J connectivity index is 2.12. The number of nitrogens with one attached hydrogen (secondary N) is 1. The highest BCUT2D eigenvalue weighted by atomic mass is 16.2. The molecule has 1 aliphatic heterocycles. The molecule has 3 rings (SSSR count). The molecule has 4 nitrogen and oxygen atoms in total. The van der Waals surface area contributed by atoms with Crippen LogP contribution < -0.4 is 11.1 Å². The average Bonchev–Trinajstić information content (AvgIpc) is 2.49. The van der Waals surface area contributed by atoms with Gasteiger partial charge < -0.3 is 16.0 Å². The van der Waals surface area contributed by atoms with Gasteiger partial charge in [0.1, 0.15) is 0 Å². The number of anilines is 1. The molecule has 0 aliphatic carbocycles. The SMILES string of the molecule is NCCN1C(=O)Nc2ccccc2C1c1ccccc1. The van der Waals surface area contributed by atoms with Gasteiger partial charge in [0.2, 0.25) is 0 Å². The van der Waals surface area contributed by atoms with E-state index in [0.29, 0.717) is 13.1 Å². The second kappa shape index (κ2) is 5.35. The fourth-order valence-corrected chi connectivity index (χ4v) is 2.69. The second-order valence-corrected chi connectivity index (χ2v) is 4.81. The van der Waals surface area contributed by atoms with Gasteiger partial charge in [-0.15, -0.1) is 0 Å². The minimum absolute atomic E-state index is 0.0790. The molecular formula is C16H17N3O. The summed E-state index contributed by atoms with van der Waals surface area (Å²) in [7, 11) is 0. The zero-order valence-electron chi connectivity index (χ0n) is 11.1. The number of carbonyl (C=O) groups is 1. The van der Waals surface area contributed by atoms with Crippen molar-refractivity contribution in [1.29, 1.82) is 0 Å². The van der Waals surface area contributed by atoms with Crippen LogP contribution in [0.2, 0.25) is 0 Å². The topological polar surface area (TPSA) is 58.4 Å². The first kappa shape index (κ1) is 12.7. The molecule has 0 radical (unpaired) electrons. The molecule has 1 atom stereocenters. The molecule has 2 aromatic carbocycles. The number of rotatable bonds is 3. The molecule has 1 heterocycles. The number of nitrogens with zero attached hydrogens (tertiary/aromatic N) is 1. The van der Waals surface area contributed by atoms with E-state index in [1.165, 1.54) is 0 Å². The Labute approximate surface area is 118 Å². The molecule has 0 fully saturated rings. The van der Waals surface area contributed by atoms with Crippen molar-refractivity contribution in [3.05, 3.63) is 65.7 Å². The number of para-hydroxylation sites is 1. The summed E-state index contributed by atoms with van der Waals surface area (Å²) in [6.07, 6.45) is 0. The number of benzene rings is 2. The molecule has 2 aromatic rings. The van der Waals surface area contributed by atoms with Gasteiger partial charge in [0, 0.05) is 24.3 Å². The van der Waals surface area contributed by atoms with Crippen molar-refractivity contribution in [3.8, 4) is 0 Å². The van der Waals surface area contributed by atoms with Crippen LogP contribution in [0.15, 0.2) is 54.6 Å². The fourth-order valence-electron chi connectivity index (χ4n) is 2.69. The Morgan fingerprint density at radius 1 is 1.05 bits per heavy atom. The summed E-state index contributed by atoms with van der Waals surface area (Å²) in [5, 5.41) is 2.93.